The van der Waals surface area contributed by atoms with Crippen LogP contribution in [0.2, 0.25) is 0 Å². The van der Waals surface area contributed by atoms with Crippen molar-refractivity contribution in [3.05, 3.63) is 24.2 Å². The molecule has 144 valence electrons. The van der Waals surface area contributed by atoms with E-state index < -0.39 is 6.10 Å². The SMILES string of the molecule is CCNC(=NCC(O)c1ccco1)NCCCOCC1CCCO1.I. The Morgan fingerprint density at radius 2 is 2.36 bits per heavy atom. The Bertz CT molecular complexity index is 464. The Hall–Kier alpha value is -0.840. The van der Waals surface area contributed by atoms with Gasteiger partial charge in [-0.1, -0.05) is 0 Å². The highest BCUT2D eigenvalue weighted by Crippen LogP contribution is 2.13. The van der Waals surface area contributed by atoms with E-state index in [0.717, 1.165) is 39.0 Å². The summed E-state index contributed by atoms with van der Waals surface area (Å²) in [5.41, 5.74) is 0. The molecule has 0 amide bonds. The zero-order valence-corrected chi connectivity index (χ0v) is 17.1. The van der Waals surface area contributed by atoms with Crippen molar-refractivity contribution in [2.24, 2.45) is 4.99 Å². The summed E-state index contributed by atoms with van der Waals surface area (Å²) in [6.45, 7) is 6.02. The fourth-order valence-electron chi connectivity index (χ4n) is 2.46. The molecule has 0 aliphatic carbocycles. The first-order chi connectivity index (χ1) is 11.8. The molecule has 1 aliphatic rings. The number of guanidine groups is 1. The van der Waals surface area contributed by atoms with E-state index in [0.29, 0.717) is 24.9 Å². The number of nitrogens with zero attached hydrogens (tertiary/aromatic N) is 1. The highest BCUT2D eigenvalue weighted by molar-refractivity contribution is 14.0. The third kappa shape index (κ3) is 8.89. The van der Waals surface area contributed by atoms with Crippen LogP contribution in [-0.4, -0.2) is 56.6 Å². The van der Waals surface area contributed by atoms with Gasteiger partial charge in [0.05, 0.1) is 25.5 Å². The lowest BCUT2D eigenvalue weighted by molar-refractivity contribution is 0.0168. The number of nitrogens with one attached hydrogen (secondary N) is 2. The maximum Gasteiger partial charge on any atom is 0.191 e. The minimum atomic E-state index is -0.731. The molecule has 7 nitrogen and oxygen atoms in total. The van der Waals surface area contributed by atoms with E-state index in [-0.39, 0.29) is 36.6 Å². The van der Waals surface area contributed by atoms with Crippen molar-refractivity contribution in [3.8, 4) is 0 Å². The lowest BCUT2D eigenvalue weighted by Gasteiger charge is -2.13. The molecule has 0 saturated carbocycles. The molecule has 25 heavy (non-hydrogen) atoms. The second-order valence-corrected chi connectivity index (χ2v) is 5.74. The smallest absolute Gasteiger partial charge is 0.191 e. The summed E-state index contributed by atoms with van der Waals surface area (Å²) in [6, 6.07) is 3.49. The molecule has 0 spiro atoms. The first kappa shape index (κ1) is 22.2. The van der Waals surface area contributed by atoms with Crippen LogP contribution in [-0.2, 0) is 9.47 Å². The van der Waals surface area contributed by atoms with Gasteiger partial charge in [0.2, 0.25) is 0 Å². The van der Waals surface area contributed by atoms with Crippen LogP contribution in [0.3, 0.4) is 0 Å². The molecular formula is C17H30IN3O4. The predicted molar refractivity (Wildman–Crippen MR) is 107 cm³/mol. The summed E-state index contributed by atoms with van der Waals surface area (Å²) in [6.07, 6.45) is 4.22. The van der Waals surface area contributed by atoms with Crippen LogP contribution in [0.25, 0.3) is 0 Å². The van der Waals surface area contributed by atoms with Crippen LogP contribution in [0.15, 0.2) is 27.8 Å². The molecule has 2 rings (SSSR count). The number of aliphatic imine (C=N–C) groups is 1. The number of halogens is 1. The quantitative estimate of drug-likeness (QED) is 0.211. The number of hydrogen-bond acceptors (Lipinski definition) is 5. The summed E-state index contributed by atoms with van der Waals surface area (Å²) in [7, 11) is 0. The Balaban J connectivity index is 0.00000312. The van der Waals surface area contributed by atoms with Gasteiger partial charge in [0.1, 0.15) is 11.9 Å². The number of furan rings is 1. The third-order valence-electron chi connectivity index (χ3n) is 3.72. The van der Waals surface area contributed by atoms with E-state index in [2.05, 4.69) is 15.6 Å². The van der Waals surface area contributed by atoms with Crippen molar-refractivity contribution < 1.29 is 19.0 Å². The second-order valence-electron chi connectivity index (χ2n) is 5.74. The maximum absolute atomic E-state index is 9.98. The summed E-state index contributed by atoms with van der Waals surface area (Å²) in [5, 5.41) is 16.4. The fraction of sp³-hybridized carbons (Fsp3) is 0.706. The molecule has 1 fully saturated rings. The van der Waals surface area contributed by atoms with Gasteiger partial charge in [0.25, 0.3) is 0 Å². The number of hydrogen-bond donors (Lipinski definition) is 3. The van der Waals surface area contributed by atoms with E-state index in [4.69, 9.17) is 13.9 Å². The largest absolute Gasteiger partial charge is 0.467 e. The molecule has 2 heterocycles. The fourth-order valence-corrected chi connectivity index (χ4v) is 2.46. The molecule has 1 aliphatic heterocycles. The summed E-state index contributed by atoms with van der Waals surface area (Å²) < 4.78 is 16.3. The van der Waals surface area contributed by atoms with Gasteiger partial charge >= 0.3 is 0 Å². The van der Waals surface area contributed by atoms with Gasteiger partial charge in [-0.15, -0.1) is 24.0 Å². The van der Waals surface area contributed by atoms with Crippen LogP contribution < -0.4 is 10.6 Å². The number of aliphatic hydroxyl groups excluding tert-OH is 1. The van der Waals surface area contributed by atoms with Crippen LogP contribution in [0.5, 0.6) is 0 Å². The zero-order valence-electron chi connectivity index (χ0n) is 14.8. The average molecular weight is 467 g/mol. The van der Waals surface area contributed by atoms with Gasteiger partial charge in [-0.2, -0.15) is 0 Å². The standard InChI is InChI=1S/C17H29N3O4.HI/c1-2-18-17(20-12-15(21)16-7-4-11-24-16)19-8-5-9-22-13-14-6-3-10-23-14;/h4,7,11,14-15,21H,2-3,5-6,8-10,12-13H2,1H3,(H2,18,19,20);1H. The lowest BCUT2D eigenvalue weighted by Crippen LogP contribution is -2.38. The monoisotopic (exact) mass is 467 g/mol. The van der Waals surface area contributed by atoms with Gasteiger partial charge in [0, 0.05) is 26.3 Å². The summed E-state index contributed by atoms with van der Waals surface area (Å²) in [4.78, 5) is 4.37. The number of rotatable bonds is 10. The summed E-state index contributed by atoms with van der Waals surface area (Å²) in [5.74, 6) is 1.21. The van der Waals surface area contributed by atoms with Crippen molar-refractivity contribution in [1.82, 2.24) is 10.6 Å². The van der Waals surface area contributed by atoms with Gasteiger partial charge in [-0.25, -0.2) is 0 Å². The van der Waals surface area contributed by atoms with Crippen molar-refractivity contribution in [2.45, 2.75) is 38.4 Å². The molecule has 1 aromatic heterocycles. The lowest BCUT2D eigenvalue weighted by atomic mass is 10.2. The summed E-state index contributed by atoms with van der Waals surface area (Å²) >= 11 is 0. The van der Waals surface area contributed by atoms with Gasteiger partial charge in [-0.3, -0.25) is 4.99 Å². The zero-order chi connectivity index (χ0) is 17.0. The molecule has 8 heteroatoms. The number of ether oxygens (including phenoxy) is 2. The Morgan fingerprint density at radius 3 is 3.04 bits per heavy atom. The Kier molecular flexibility index (Phi) is 11.9. The van der Waals surface area contributed by atoms with E-state index in [1.54, 1.807) is 18.4 Å². The minimum Gasteiger partial charge on any atom is -0.467 e. The Morgan fingerprint density at radius 1 is 1.48 bits per heavy atom. The van der Waals surface area contributed by atoms with E-state index in [1.807, 2.05) is 6.92 Å². The maximum atomic E-state index is 9.98. The molecule has 1 saturated heterocycles. The van der Waals surface area contributed by atoms with Crippen LogP contribution in [0.1, 0.15) is 38.1 Å². The highest BCUT2D eigenvalue weighted by Gasteiger charge is 2.15. The van der Waals surface area contributed by atoms with E-state index in [1.165, 1.54) is 0 Å². The molecule has 0 bridgehead atoms. The molecule has 1 aromatic rings. The van der Waals surface area contributed by atoms with E-state index >= 15 is 0 Å². The van der Waals surface area contributed by atoms with Gasteiger partial charge < -0.3 is 29.6 Å². The Labute approximate surface area is 166 Å². The minimum absolute atomic E-state index is 0. The van der Waals surface area contributed by atoms with Gasteiger partial charge in [0.15, 0.2) is 5.96 Å². The van der Waals surface area contributed by atoms with Crippen molar-refractivity contribution >= 4 is 29.9 Å². The average Bonchev–Trinajstić information content (AvgIpc) is 3.28. The first-order valence-corrected chi connectivity index (χ1v) is 8.72. The van der Waals surface area contributed by atoms with Crippen molar-refractivity contribution in [2.75, 3.05) is 39.5 Å². The van der Waals surface area contributed by atoms with Gasteiger partial charge in [-0.05, 0) is 38.3 Å². The van der Waals surface area contributed by atoms with Crippen LogP contribution in [0.4, 0.5) is 0 Å². The third-order valence-corrected chi connectivity index (χ3v) is 3.72. The van der Waals surface area contributed by atoms with Crippen molar-refractivity contribution in [3.63, 3.8) is 0 Å². The van der Waals surface area contributed by atoms with Crippen LogP contribution in [0, 0.1) is 0 Å². The van der Waals surface area contributed by atoms with Crippen molar-refractivity contribution in [1.29, 1.82) is 0 Å². The molecule has 3 N–H and O–H groups in total. The second kappa shape index (κ2) is 13.4. The first-order valence-electron chi connectivity index (χ1n) is 8.72. The molecule has 0 aromatic carbocycles. The van der Waals surface area contributed by atoms with E-state index in [9.17, 15) is 5.11 Å². The molecule has 2 atom stereocenters. The van der Waals surface area contributed by atoms with Crippen LogP contribution >= 0.6 is 24.0 Å². The topological polar surface area (TPSA) is 88.3 Å². The predicted octanol–water partition coefficient (Wildman–Crippen LogP) is 2.07. The molecule has 0 radical (unpaired) electrons. The molecular weight excluding hydrogens is 437 g/mol. The highest BCUT2D eigenvalue weighted by atomic mass is 127. The molecule has 2 unspecified atom stereocenters. The number of aliphatic hydroxyl groups is 1. The normalized spacial score (nSPS) is 18.6.